The quantitative estimate of drug-likeness (QED) is 0.435. The van der Waals surface area contributed by atoms with Crippen LogP contribution in [0.1, 0.15) is 26.5 Å². The minimum atomic E-state index is -1.94. The van der Waals surface area contributed by atoms with Gasteiger partial charge in [0, 0.05) is 6.92 Å². The molecule has 0 aliphatic carbocycles. The highest BCUT2D eigenvalue weighted by Gasteiger charge is 2.61. The van der Waals surface area contributed by atoms with Gasteiger partial charge in [-0.1, -0.05) is 0 Å². The summed E-state index contributed by atoms with van der Waals surface area (Å²) in [5, 5.41) is 24.2. The molecule has 2 aromatic heterocycles. The van der Waals surface area contributed by atoms with Crippen LogP contribution >= 0.6 is 0 Å². The van der Waals surface area contributed by atoms with Crippen molar-refractivity contribution in [2.24, 2.45) is 0 Å². The van der Waals surface area contributed by atoms with Gasteiger partial charge in [-0.05, 0) is 26.0 Å². The number of aliphatic hydroxyl groups excluding tert-OH is 1. The van der Waals surface area contributed by atoms with Crippen LogP contribution in [0.3, 0.4) is 0 Å². The molecule has 1 fully saturated rings. The van der Waals surface area contributed by atoms with Crippen molar-refractivity contribution in [2.75, 3.05) is 18.9 Å². The molecule has 13 nitrogen and oxygen atoms in total. The number of carbonyl (C=O) groups is 2. The van der Waals surface area contributed by atoms with Crippen LogP contribution in [0.25, 0.3) is 5.52 Å². The first-order valence-electron chi connectivity index (χ1n) is 9.71. The number of nitrogen functional groups attached to an aromatic ring is 1. The highest BCUT2D eigenvalue weighted by Crippen LogP contribution is 2.43. The number of aliphatic hydroxyl groups is 1. The maximum absolute atomic E-state index is 11.9. The number of nitrogens with two attached hydrogens (primary N) is 1. The minimum Gasteiger partial charge on any atom is -0.455 e. The fourth-order valence-corrected chi connectivity index (χ4v) is 3.54. The van der Waals surface area contributed by atoms with E-state index in [1.54, 1.807) is 13.0 Å². The predicted molar refractivity (Wildman–Crippen MR) is 105 cm³/mol. The molecule has 1 unspecified atom stereocenters. The van der Waals surface area contributed by atoms with E-state index in [9.17, 15) is 20.0 Å². The Kier molecular flexibility index (Phi) is 6.78. The van der Waals surface area contributed by atoms with Gasteiger partial charge < -0.3 is 34.5 Å². The van der Waals surface area contributed by atoms with E-state index in [1.807, 2.05) is 6.07 Å². The van der Waals surface area contributed by atoms with Crippen LogP contribution in [0.4, 0.5) is 10.6 Å². The van der Waals surface area contributed by atoms with E-state index >= 15 is 0 Å². The molecule has 0 amide bonds. The first-order valence-corrected chi connectivity index (χ1v) is 9.71. The Labute approximate surface area is 182 Å². The van der Waals surface area contributed by atoms with Crippen LogP contribution in [0.15, 0.2) is 18.5 Å². The van der Waals surface area contributed by atoms with E-state index in [0.29, 0.717) is 5.52 Å². The molecule has 0 bridgehead atoms. The Morgan fingerprint density at radius 3 is 2.81 bits per heavy atom. The largest absolute Gasteiger partial charge is 0.508 e. The molecule has 172 valence electrons. The Bertz CT molecular complexity index is 1030. The third-order valence-electron chi connectivity index (χ3n) is 4.71. The molecule has 1 aliphatic heterocycles. The lowest BCUT2D eigenvalue weighted by Crippen LogP contribution is -2.46. The molecular formula is C19H23N5O8. The third-order valence-corrected chi connectivity index (χ3v) is 4.71. The summed E-state index contributed by atoms with van der Waals surface area (Å²) < 4.78 is 28.1. The number of aromatic nitrogens is 3. The van der Waals surface area contributed by atoms with Gasteiger partial charge in [-0.15, -0.1) is 0 Å². The molecule has 0 spiro atoms. The van der Waals surface area contributed by atoms with Crippen molar-refractivity contribution in [3.05, 3.63) is 24.2 Å². The fourth-order valence-electron chi connectivity index (χ4n) is 3.54. The van der Waals surface area contributed by atoms with Crippen molar-refractivity contribution in [3.63, 3.8) is 0 Å². The number of fused-ring (bicyclic) bond motifs is 1. The molecule has 1 aliphatic rings. The summed E-state index contributed by atoms with van der Waals surface area (Å²) in [5.41, 5.74) is 4.51. The molecule has 1 saturated heterocycles. The van der Waals surface area contributed by atoms with E-state index in [1.165, 1.54) is 23.8 Å². The van der Waals surface area contributed by atoms with Gasteiger partial charge in [0.15, 0.2) is 18.2 Å². The van der Waals surface area contributed by atoms with Gasteiger partial charge in [0.1, 0.15) is 36.7 Å². The highest BCUT2D eigenvalue weighted by atomic mass is 16.7. The molecular weight excluding hydrogens is 426 g/mol. The number of nitriles is 1. The number of anilines is 1. The SMILES string of the molecule is CCOC(=O)OC[C@H]1O[C@@](C#N)(c2ccc3c(N)ncnn23)[C@H](OC(C)=O)[C@@H]1OC(C)O. The Balaban J connectivity index is 2.09. The lowest BCUT2D eigenvalue weighted by Gasteiger charge is -2.29. The number of nitrogens with zero attached hydrogens (tertiary/aromatic N) is 4. The fraction of sp³-hybridized carbons (Fsp3) is 0.526. The maximum Gasteiger partial charge on any atom is 0.508 e. The average molecular weight is 449 g/mol. The average Bonchev–Trinajstić information content (AvgIpc) is 3.28. The second-order valence-electron chi connectivity index (χ2n) is 6.89. The van der Waals surface area contributed by atoms with Crippen molar-refractivity contribution < 1.29 is 38.4 Å². The smallest absolute Gasteiger partial charge is 0.455 e. The van der Waals surface area contributed by atoms with Gasteiger partial charge >= 0.3 is 12.1 Å². The second kappa shape index (κ2) is 9.35. The van der Waals surface area contributed by atoms with Gasteiger partial charge in [0.05, 0.1) is 12.3 Å². The van der Waals surface area contributed by atoms with E-state index in [-0.39, 0.29) is 18.1 Å². The van der Waals surface area contributed by atoms with E-state index < -0.39 is 48.9 Å². The monoisotopic (exact) mass is 449 g/mol. The van der Waals surface area contributed by atoms with Crippen LogP contribution in [-0.2, 0) is 34.1 Å². The number of rotatable bonds is 7. The van der Waals surface area contributed by atoms with Crippen LogP contribution in [-0.4, -0.2) is 69.6 Å². The Morgan fingerprint density at radius 1 is 1.44 bits per heavy atom. The van der Waals surface area contributed by atoms with Gasteiger partial charge in [-0.25, -0.2) is 14.3 Å². The minimum absolute atomic E-state index is 0.0907. The number of esters is 1. The number of hydrogen-bond acceptors (Lipinski definition) is 12. The summed E-state index contributed by atoms with van der Waals surface area (Å²) in [6, 6.07) is 5.13. The molecule has 0 radical (unpaired) electrons. The van der Waals surface area contributed by atoms with Crippen molar-refractivity contribution in [3.8, 4) is 6.07 Å². The molecule has 13 heteroatoms. The lowest BCUT2D eigenvalue weighted by molar-refractivity contribution is -0.179. The number of carbonyl (C=O) groups excluding carboxylic acids is 2. The Hall–Kier alpha value is -3.47. The standard InChI is InChI=1S/C19H23N5O8/c1-4-28-18(27)29-7-13-15(30-10(2)25)16(31-11(3)26)19(8-20,32-13)14-6-5-12-17(21)22-9-23-24(12)14/h5-6,9-10,13,15-16,25H,4,7H2,1-3H3,(H2,21,22,23)/t10?,13-,15-,16-,19+/m1/s1. The van der Waals surface area contributed by atoms with Crippen molar-refractivity contribution in [1.29, 1.82) is 5.26 Å². The molecule has 0 saturated carbocycles. The third kappa shape index (κ3) is 4.28. The van der Waals surface area contributed by atoms with Crippen LogP contribution < -0.4 is 5.73 Å². The molecule has 32 heavy (non-hydrogen) atoms. The van der Waals surface area contributed by atoms with E-state index in [0.717, 1.165) is 6.92 Å². The summed E-state index contributed by atoms with van der Waals surface area (Å²) in [5.74, 6) is -0.570. The zero-order valence-electron chi connectivity index (χ0n) is 17.6. The van der Waals surface area contributed by atoms with Gasteiger partial charge in [-0.2, -0.15) is 10.4 Å². The Morgan fingerprint density at radius 2 is 2.19 bits per heavy atom. The highest BCUT2D eigenvalue weighted by molar-refractivity contribution is 5.68. The molecule has 5 atom stereocenters. The number of ether oxygens (including phenoxy) is 5. The molecule has 0 aromatic carbocycles. The van der Waals surface area contributed by atoms with E-state index in [2.05, 4.69) is 10.1 Å². The molecule has 3 N–H and O–H groups in total. The summed E-state index contributed by atoms with van der Waals surface area (Å²) in [7, 11) is 0. The van der Waals surface area contributed by atoms with Gasteiger partial charge in [-0.3, -0.25) is 4.79 Å². The zero-order chi connectivity index (χ0) is 23.5. The zero-order valence-corrected chi connectivity index (χ0v) is 17.6. The van der Waals surface area contributed by atoms with Gasteiger partial charge in [0.25, 0.3) is 0 Å². The predicted octanol–water partition coefficient (Wildman–Crippen LogP) is 0.257. The first kappa shape index (κ1) is 23.2. The van der Waals surface area contributed by atoms with Crippen molar-refractivity contribution in [1.82, 2.24) is 14.6 Å². The normalized spacial score (nSPS) is 25.8. The molecule has 3 rings (SSSR count). The van der Waals surface area contributed by atoms with E-state index in [4.69, 9.17) is 29.4 Å². The first-order chi connectivity index (χ1) is 15.2. The van der Waals surface area contributed by atoms with Crippen LogP contribution in [0.2, 0.25) is 0 Å². The summed E-state index contributed by atoms with van der Waals surface area (Å²) in [6.45, 7) is 3.78. The lowest BCUT2D eigenvalue weighted by atomic mass is 9.92. The molecule has 3 heterocycles. The molecule has 2 aromatic rings. The topological polar surface area (TPSA) is 181 Å². The van der Waals surface area contributed by atoms with Crippen molar-refractivity contribution in [2.45, 2.75) is 51.0 Å². The van der Waals surface area contributed by atoms with Crippen LogP contribution in [0, 0.1) is 11.3 Å². The second-order valence-corrected chi connectivity index (χ2v) is 6.89. The van der Waals surface area contributed by atoms with Crippen molar-refractivity contribution >= 4 is 23.5 Å². The summed E-state index contributed by atoms with van der Waals surface area (Å²) in [4.78, 5) is 27.5. The van der Waals surface area contributed by atoms with Gasteiger partial charge in [0.2, 0.25) is 5.60 Å². The maximum atomic E-state index is 11.9. The summed E-state index contributed by atoms with van der Waals surface area (Å²) >= 11 is 0. The summed E-state index contributed by atoms with van der Waals surface area (Å²) in [6.07, 6.45) is -4.73. The number of hydrogen-bond donors (Lipinski definition) is 2. The van der Waals surface area contributed by atoms with Crippen LogP contribution in [0.5, 0.6) is 0 Å².